The maximum Gasteiger partial charge on any atom is 0.343 e. The molecule has 0 amide bonds. The van der Waals surface area contributed by atoms with Crippen LogP contribution in [0.2, 0.25) is 0 Å². The van der Waals surface area contributed by atoms with Gasteiger partial charge in [-0.05, 0) is 18.9 Å². The summed E-state index contributed by atoms with van der Waals surface area (Å²) in [5, 5.41) is 0.150. The number of carbonyl (C=O) groups is 1. The number of hydrogen-bond donors (Lipinski definition) is 0. The fraction of sp³-hybridized carbons (Fsp3) is 0.444. The number of pyridine rings is 1. The van der Waals surface area contributed by atoms with Crippen molar-refractivity contribution in [3.05, 3.63) is 39.9 Å². The monoisotopic (exact) mass is 349 g/mol. The van der Waals surface area contributed by atoms with Crippen molar-refractivity contribution in [2.75, 3.05) is 27.4 Å². The van der Waals surface area contributed by atoms with Crippen LogP contribution in [0.5, 0.6) is 5.75 Å². The van der Waals surface area contributed by atoms with Crippen LogP contribution in [0.4, 0.5) is 4.39 Å². The van der Waals surface area contributed by atoms with E-state index in [1.54, 1.807) is 7.11 Å². The standard InChI is InChI=1S/C18H20FNO5/c1-23-6-3-7-25-18(22)13-10-20(11-4-5-11)15-9-16(24-2)14(19)8-12(15)17(13)21/h8-11H,3-7H2,1-2H3. The minimum atomic E-state index is -0.700. The molecule has 3 rings (SSSR count). The summed E-state index contributed by atoms with van der Waals surface area (Å²) in [5.41, 5.74) is -0.0618. The summed E-state index contributed by atoms with van der Waals surface area (Å²) >= 11 is 0. The van der Waals surface area contributed by atoms with Crippen LogP contribution in [0.25, 0.3) is 10.9 Å². The Kier molecular flexibility index (Phi) is 5.03. The molecular weight excluding hydrogens is 329 g/mol. The third kappa shape index (κ3) is 3.51. The van der Waals surface area contributed by atoms with Crippen molar-refractivity contribution in [1.29, 1.82) is 0 Å². The largest absolute Gasteiger partial charge is 0.494 e. The molecule has 1 aromatic heterocycles. The Morgan fingerprint density at radius 1 is 1.28 bits per heavy atom. The lowest BCUT2D eigenvalue weighted by molar-refractivity contribution is 0.0466. The summed E-state index contributed by atoms with van der Waals surface area (Å²) in [6.45, 7) is 0.618. The van der Waals surface area contributed by atoms with Gasteiger partial charge in [0.05, 0.1) is 19.2 Å². The first kappa shape index (κ1) is 17.4. The highest BCUT2D eigenvalue weighted by atomic mass is 19.1. The van der Waals surface area contributed by atoms with E-state index in [2.05, 4.69) is 0 Å². The molecule has 0 spiro atoms. The highest BCUT2D eigenvalue weighted by Crippen LogP contribution is 2.38. The molecule has 1 aliphatic rings. The molecule has 134 valence electrons. The fourth-order valence-electron chi connectivity index (χ4n) is 2.75. The predicted molar refractivity (Wildman–Crippen MR) is 89.8 cm³/mol. The quantitative estimate of drug-likeness (QED) is 0.568. The number of rotatable bonds is 7. The van der Waals surface area contributed by atoms with E-state index in [9.17, 15) is 14.0 Å². The van der Waals surface area contributed by atoms with Crippen LogP contribution in [0, 0.1) is 5.82 Å². The maximum absolute atomic E-state index is 14.1. The number of ether oxygens (including phenoxy) is 3. The summed E-state index contributed by atoms with van der Waals surface area (Å²) in [6, 6.07) is 2.81. The van der Waals surface area contributed by atoms with Crippen molar-refractivity contribution in [2.24, 2.45) is 0 Å². The molecule has 2 aromatic rings. The van der Waals surface area contributed by atoms with Crippen molar-refractivity contribution >= 4 is 16.9 Å². The zero-order valence-corrected chi connectivity index (χ0v) is 14.2. The van der Waals surface area contributed by atoms with E-state index in [1.165, 1.54) is 19.4 Å². The van der Waals surface area contributed by atoms with Gasteiger partial charge in [0.2, 0.25) is 5.43 Å². The van der Waals surface area contributed by atoms with E-state index in [4.69, 9.17) is 14.2 Å². The average Bonchev–Trinajstić information content (AvgIpc) is 3.44. The molecule has 7 heteroatoms. The van der Waals surface area contributed by atoms with Crippen molar-refractivity contribution in [1.82, 2.24) is 4.57 Å². The van der Waals surface area contributed by atoms with Crippen molar-refractivity contribution in [3.63, 3.8) is 0 Å². The molecular formula is C18H20FNO5. The van der Waals surface area contributed by atoms with Gasteiger partial charge in [-0.15, -0.1) is 0 Å². The van der Waals surface area contributed by atoms with Gasteiger partial charge in [-0.2, -0.15) is 0 Å². The number of fused-ring (bicyclic) bond motifs is 1. The number of hydrogen-bond acceptors (Lipinski definition) is 5. The second-order valence-corrected chi connectivity index (χ2v) is 6.00. The Morgan fingerprint density at radius 3 is 2.68 bits per heavy atom. The van der Waals surface area contributed by atoms with E-state index >= 15 is 0 Å². The minimum absolute atomic E-state index is 0.0659. The summed E-state index contributed by atoms with van der Waals surface area (Å²) < 4.78 is 30.9. The van der Waals surface area contributed by atoms with Crippen LogP contribution in [0.1, 0.15) is 35.7 Å². The lowest BCUT2D eigenvalue weighted by Gasteiger charge is -2.14. The number of carbonyl (C=O) groups excluding carboxylic acids is 1. The van der Waals surface area contributed by atoms with Gasteiger partial charge < -0.3 is 18.8 Å². The predicted octanol–water partition coefficient (Wildman–Crippen LogP) is 2.68. The van der Waals surface area contributed by atoms with E-state index in [0.29, 0.717) is 18.5 Å². The second-order valence-electron chi connectivity index (χ2n) is 6.00. The molecule has 0 unspecified atom stereocenters. The SMILES string of the molecule is COCCCOC(=O)c1cn(C2CC2)c2cc(OC)c(F)cc2c1=O. The molecule has 0 radical (unpaired) electrons. The number of aromatic nitrogens is 1. The van der Waals surface area contributed by atoms with E-state index in [0.717, 1.165) is 18.9 Å². The van der Waals surface area contributed by atoms with Gasteiger partial charge in [0, 0.05) is 43.8 Å². The van der Waals surface area contributed by atoms with Crippen molar-refractivity contribution in [3.8, 4) is 5.75 Å². The first-order valence-electron chi connectivity index (χ1n) is 8.15. The molecule has 0 atom stereocenters. The summed E-state index contributed by atoms with van der Waals surface area (Å²) in [5.74, 6) is -1.27. The third-order valence-corrected chi connectivity index (χ3v) is 4.19. The maximum atomic E-state index is 14.1. The van der Waals surface area contributed by atoms with E-state index in [1.807, 2.05) is 4.57 Å². The Bertz CT molecular complexity index is 857. The number of esters is 1. The van der Waals surface area contributed by atoms with Gasteiger partial charge in [0.1, 0.15) is 5.56 Å². The van der Waals surface area contributed by atoms with Crippen LogP contribution in [0.15, 0.2) is 23.1 Å². The first-order chi connectivity index (χ1) is 12.1. The average molecular weight is 349 g/mol. The van der Waals surface area contributed by atoms with Gasteiger partial charge in [-0.1, -0.05) is 0 Å². The highest BCUT2D eigenvalue weighted by Gasteiger charge is 2.28. The zero-order chi connectivity index (χ0) is 18.0. The lowest BCUT2D eigenvalue weighted by Crippen LogP contribution is -2.21. The molecule has 1 heterocycles. The Morgan fingerprint density at radius 2 is 2.04 bits per heavy atom. The molecule has 1 fully saturated rings. The highest BCUT2D eigenvalue weighted by molar-refractivity contribution is 5.94. The Balaban J connectivity index is 2.03. The molecule has 0 saturated heterocycles. The van der Waals surface area contributed by atoms with Crippen molar-refractivity contribution < 1.29 is 23.4 Å². The molecule has 1 aromatic carbocycles. The van der Waals surface area contributed by atoms with Crippen molar-refractivity contribution in [2.45, 2.75) is 25.3 Å². The number of methoxy groups -OCH3 is 2. The van der Waals surface area contributed by atoms with Gasteiger partial charge in [0.25, 0.3) is 0 Å². The normalized spacial score (nSPS) is 13.9. The lowest BCUT2D eigenvalue weighted by atomic mass is 10.1. The zero-order valence-electron chi connectivity index (χ0n) is 14.2. The first-order valence-corrected chi connectivity index (χ1v) is 8.15. The van der Waals surface area contributed by atoms with Gasteiger partial charge in [0.15, 0.2) is 11.6 Å². The molecule has 0 aliphatic heterocycles. The van der Waals surface area contributed by atoms with Crippen LogP contribution in [-0.4, -0.2) is 38.0 Å². The van der Waals surface area contributed by atoms with Crippen LogP contribution in [-0.2, 0) is 9.47 Å². The van der Waals surface area contributed by atoms with Crippen LogP contribution < -0.4 is 10.2 Å². The number of halogens is 1. The van der Waals surface area contributed by atoms with Crippen LogP contribution >= 0.6 is 0 Å². The Hall–Kier alpha value is -2.41. The fourth-order valence-corrected chi connectivity index (χ4v) is 2.75. The van der Waals surface area contributed by atoms with E-state index in [-0.39, 0.29) is 29.3 Å². The van der Waals surface area contributed by atoms with E-state index < -0.39 is 17.2 Å². The summed E-state index contributed by atoms with van der Waals surface area (Å²) in [6.07, 6.45) is 3.94. The molecule has 0 N–H and O–H groups in total. The number of benzene rings is 1. The van der Waals surface area contributed by atoms with Gasteiger partial charge in [-0.25, -0.2) is 9.18 Å². The molecule has 25 heavy (non-hydrogen) atoms. The molecule has 1 saturated carbocycles. The molecule has 0 bridgehead atoms. The molecule has 6 nitrogen and oxygen atoms in total. The van der Waals surface area contributed by atoms with Gasteiger partial charge >= 0.3 is 5.97 Å². The number of nitrogens with zero attached hydrogens (tertiary/aromatic N) is 1. The minimum Gasteiger partial charge on any atom is -0.494 e. The smallest absolute Gasteiger partial charge is 0.343 e. The third-order valence-electron chi connectivity index (χ3n) is 4.19. The topological polar surface area (TPSA) is 66.8 Å². The van der Waals surface area contributed by atoms with Gasteiger partial charge in [-0.3, -0.25) is 4.79 Å². The summed E-state index contributed by atoms with van der Waals surface area (Å²) in [4.78, 5) is 24.9. The Labute approximate surface area is 144 Å². The van der Waals surface area contributed by atoms with Crippen LogP contribution in [0.3, 0.4) is 0 Å². The second kappa shape index (κ2) is 7.23. The summed E-state index contributed by atoms with van der Waals surface area (Å²) in [7, 11) is 2.93. The molecule has 1 aliphatic carbocycles.